The van der Waals surface area contributed by atoms with E-state index in [2.05, 4.69) is 40.1 Å². The third kappa shape index (κ3) is 4.05. The highest BCUT2D eigenvalue weighted by atomic mass is 16.5. The van der Waals surface area contributed by atoms with Crippen LogP contribution in [0.25, 0.3) is 10.9 Å². The molecule has 0 amide bonds. The smallest absolute Gasteiger partial charge is 0.137 e. The Morgan fingerprint density at radius 1 is 1.11 bits per heavy atom. The van der Waals surface area contributed by atoms with Crippen LogP contribution in [0.5, 0.6) is 0 Å². The number of nitrogens with zero attached hydrogens (tertiary/aromatic N) is 4. The third-order valence-electron chi connectivity index (χ3n) is 5.77. The van der Waals surface area contributed by atoms with Crippen LogP contribution in [0.4, 0.5) is 5.82 Å². The summed E-state index contributed by atoms with van der Waals surface area (Å²) in [6.45, 7) is 6.43. The Kier molecular flexibility index (Phi) is 5.24. The Bertz CT molecular complexity index is 830. The molecule has 0 radical (unpaired) electrons. The van der Waals surface area contributed by atoms with Gasteiger partial charge in [-0.05, 0) is 57.7 Å². The molecule has 6 nitrogen and oxygen atoms in total. The maximum Gasteiger partial charge on any atom is 0.137 e. The van der Waals surface area contributed by atoms with Crippen LogP contribution in [0.3, 0.4) is 0 Å². The van der Waals surface area contributed by atoms with Crippen molar-refractivity contribution < 1.29 is 4.74 Å². The summed E-state index contributed by atoms with van der Waals surface area (Å²) < 4.78 is 5.88. The highest BCUT2D eigenvalue weighted by molar-refractivity contribution is 5.89. The van der Waals surface area contributed by atoms with Crippen LogP contribution in [0, 0.1) is 11.3 Å². The number of ether oxygens (including phenoxy) is 1. The van der Waals surface area contributed by atoms with E-state index in [4.69, 9.17) is 4.74 Å². The van der Waals surface area contributed by atoms with Gasteiger partial charge in [0, 0.05) is 30.6 Å². The Morgan fingerprint density at radius 2 is 1.85 bits per heavy atom. The van der Waals surface area contributed by atoms with Crippen LogP contribution < -0.4 is 5.32 Å². The molecule has 142 valence electrons. The molecule has 0 bridgehead atoms. The zero-order valence-electron chi connectivity index (χ0n) is 16.1. The van der Waals surface area contributed by atoms with Crippen LogP contribution >= 0.6 is 0 Å². The van der Waals surface area contributed by atoms with Crippen molar-refractivity contribution >= 4 is 16.7 Å². The number of aromatic nitrogens is 2. The lowest BCUT2D eigenvalue weighted by Gasteiger charge is -2.43. The molecule has 1 saturated heterocycles. The van der Waals surface area contributed by atoms with Crippen LogP contribution in [0.1, 0.15) is 45.1 Å². The molecule has 1 aliphatic heterocycles. The summed E-state index contributed by atoms with van der Waals surface area (Å²) in [6, 6.07) is 8.84. The molecule has 2 fully saturated rings. The molecule has 4 rings (SSSR count). The zero-order valence-corrected chi connectivity index (χ0v) is 16.1. The van der Waals surface area contributed by atoms with Gasteiger partial charge in [-0.25, -0.2) is 9.97 Å². The molecule has 0 unspecified atom stereocenters. The van der Waals surface area contributed by atoms with E-state index in [-0.39, 0.29) is 0 Å². The van der Waals surface area contributed by atoms with Crippen LogP contribution in [0.15, 0.2) is 24.5 Å². The van der Waals surface area contributed by atoms with Gasteiger partial charge in [0.2, 0.25) is 0 Å². The third-order valence-corrected chi connectivity index (χ3v) is 5.77. The molecule has 2 aliphatic rings. The van der Waals surface area contributed by atoms with E-state index in [1.807, 2.05) is 12.1 Å². The lowest BCUT2D eigenvalue weighted by molar-refractivity contribution is -0.0842. The average Bonchev–Trinajstić information content (AvgIpc) is 2.68. The van der Waals surface area contributed by atoms with E-state index in [9.17, 15) is 5.26 Å². The molecular formula is C21H27N5O. The zero-order chi connectivity index (χ0) is 18.8. The summed E-state index contributed by atoms with van der Waals surface area (Å²) in [4.78, 5) is 11.4. The second-order valence-corrected chi connectivity index (χ2v) is 7.93. The minimum atomic E-state index is 0.325. The lowest BCUT2D eigenvalue weighted by atomic mass is 9.89. The minimum absolute atomic E-state index is 0.325. The molecule has 1 aromatic heterocycles. The molecular weight excluding hydrogens is 338 g/mol. The van der Waals surface area contributed by atoms with Crippen molar-refractivity contribution in [3.63, 3.8) is 0 Å². The molecule has 1 saturated carbocycles. The quantitative estimate of drug-likeness (QED) is 0.899. The van der Waals surface area contributed by atoms with Crippen LogP contribution in [0.2, 0.25) is 0 Å². The largest absolute Gasteiger partial charge is 0.373 e. The van der Waals surface area contributed by atoms with Gasteiger partial charge < -0.3 is 10.1 Å². The Balaban J connectivity index is 1.41. The monoisotopic (exact) mass is 365 g/mol. The fourth-order valence-electron chi connectivity index (χ4n) is 4.54. The summed E-state index contributed by atoms with van der Waals surface area (Å²) in [6.07, 6.45) is 6.91. The molecule has 27 heavy (non-hydrogen) atoms. The maximum absolute atomic E-state index is 9.17. The molecule has 2 atom stereocenters. The minimum Gasteiger partial charge on any atom is -0.373 e. The first-order chi connectivity index (χ1) is 13.1. The normalized spacial score (nSPS) is 29.4. The topological polar surface area (TPSA) is 74.1 Å². The van der Waals surface area contributed by atoms with E-state index in [0.717, 1.165) is 42.7 Å². The number of rotatable bonds is 3. The van der Waals surface area contributed by atoms with Gasteiger partial charge in [-0.15, -0.1) is 0 Å². The molecule has 0 spiro atoms. The van der Waals surface area contributed by atoms with E-state index in [0.29, 0.717) is 29.9 Å². The van der Waals surface area contributed by atoms with Gasteiger partial charge in [0.15, 0.2) is 0 Å². The van der Waals surface area contributed by atoms with Crippen molar-refractivity contribution in [1.29, 1.82) is 5.26 Å². The molecule has 6 heteroatoms. The van der Waals surface area contributed by atoms with E-state index >= 15 is 0 Å². The van der Waals surface area contributed by atoms with Gasteiger partial charge >= 0.3 is 0 Å². The summed E-state index contributed by atoms with van der Waals surface area (Å²) in [5, 5.41) is 13.7. The molecule has 2 aromatic rings. The number of morpholine rings is 1. The predicted molar refractivity (Wildman–Crippen MR) is 106 cm³/mol. The number of anilines is 1. The van der Waals surface area contributed by atoms with E-state index in [1.165, 1.54) is 12.8 Å². The highest BCUT2D eigenvalue weighted by Crippen LogP contribution is 2.29. The van der Waals surface area contributed by atoms with Crippen molar-refractivity contribution in [3.8, 4) is 6.07 Å². The molecule has 1 aliphatic carbocycles. The van der Waals surface area contributed by atoms with Gasteiger partial charge in [0.25, 0.3) is 0 Å². The molecule has 2 heterocycles. The molecule has 1 aromatic carbocycles. The molecule has 1 N–H and O–H groups in total. The summed E-state index contributed by atoms with van der Waals surface area (Å²) >= 11 is 0. The average molecular weight is 365 g/mol. The fraction of sp³-hybridized carbons (Fsp3) is 0.571. The second kappa shape index (κ2) is 7.79. The van der Waals surface area contributed by atoms with Gasteiger partial charge in [-0.1, -0.05) is 0 Å². The SMILES string of the molecule is C[C@@H]1CN(C2CCC(Nc3ncnc4ccc(C#N)cc34)CC2)C[C@H](C)O1. The number of fused-ring (bicyclic) bond motifs is 1. The summed E-state index contributed by atoms with van der Waals surface area (Å²) in [7, 11) is 0. The summed E-state index contributed by atoms with van der Waals surface area (Å²) in [5.41, 5.74) is 1.51. The van der Waals surface area contributed by atoms with E-state index < -0.39 is 0 Å². The number of nitrogens with one attached hydrogen (secondary N) is 1. The first-order valence-electron chi connectivity index (χ1n) is 9.93. The predicted octanol–water partition coefficient (Wildman–Crippen LogP) is 3.33. The summed E-state index contributed by atoms with van der Waals surface area (Å²) in [5.74, 6) is 0.842. The van der Waals surface area contributed by atoms with Crippen molar-refractivity contribution in [2.24, 2.45) is 0 Å². The second-order valence-electron chi connectivity index (χ2n) is 7.93. The van der Waals surface area contributed by atoms with Crippen molar-refractivity contribution in [3.05, 3.63) is 30.1 Å². The number of benzene rings is 1. The van der Waals surface area contributed by atoms with Gasteiger partial charge in [0.1, 0.15) is 12.1 Å². The standard InChI is InChI=1S/C21H27N5O/c1-14-11-26(12-15(2)27-14)18-6-4-17(5-7-18)25-21-19-9-16(10-22)3-8-20(19)23-13-24-21/h3,8-9,13-15,17-18H,4-7,11-12H2,1-2H3,(H,23,24,25)/t14-,15+,17?,18?. The number of hydrogen-bond acceptors (Lipinski definition) is 6. The van der Waals surface area contributed by atoms with Crippen molar-refractivity contribution in [1.82, 2.24) is 14.9 Å². The first kappa shape index (κ1) is 18.1. The highest BCUT2D eigenvalue weighted by Gasteiger charge is 2.31. The van der Waals surface area contributed by atoms with Crippen molar-refractivity contribution in [2.75, 3.05) is 18.4 Å². The first-order valence-corrected chi connectivity index (χ1v) is 9.93. The van der Waals surface area contributed by atoms with Crippen molar-refractivity contribution in [2.45, 2.75) is 63.8 Å². The van der Waals surface area contributed by atoms with Gasteiger partial charge in [0.05, 0.1) is 29.4 Å². The number of hydrogen-bond donors (Lipinski definition) is 1. The van der Waals surface area contributed by atoms with E-state index in [1.54, 1.807) is 12.4 Å². The fourth-order valence-corrected chi connectivity index (χ4v) is 4.54. The Hall–Kier alpha value is -2.23. The van der Waals surface area contributed by atoms with Gasteiger partial charge in [-0.2, -0.15) is 5.26 Å². The Morgan fingerprint density at radius 3 is 2.56 bits per heavy atom. The van der Waals surface area contributed by atoms with Gasteiger partial charge in [-0.3, -0.25) is 4.90 Å². The van der Waals surface area contributed by atoms with Crippen LogP contribution in [-0.2, 0) is 4.74 Å². The maximum atomic E-state index is 9.17. The Labute approximate surface area is 160 Å². The number of nitriles is 1. The van der Waals surface area contributed by atoms with Crippen LogP contribution in [-0.4, -0.2) is 52.2 Å². The lowest BCUT2D eigenvalue weighted by Crippen LogP contribution is -2.51.